The van der Waals surface area contributed by atoms with Crippen LogP contribution in [0.15, 0.2) is 168 Å². The molecule has 2 nitrogen and oxygen atoms in total. The van der Waals surface area contributed by atoms with E-state index in [0.717, 1.165) is 15.6 Å². The molecule has 43 heavy (non-hydrogen) atoms. The average molecular weight is 715 g/mol. The van der Waals surface area contributed by atoms with Crippen molar-refractivity contribution in [2.45, 2.75) is 0 Å². The molecule has 208 valence electrons. The van der Waals surface area contributed by atoms with E-state index in [1.807, 2.05) is 78.9 Å². The van der Waals surface area contributed by atoms with Crippen molar-refractivity contribution in [2.24, 2.45) is 0 Å². The van der Waals surface area contributed by atoms with Crippen molar-refractivity contribution >= 4 is 74.6 Å². The Hall–Kier alpha value is -2.20. The van der Waals surface area contributed by atoms with Crippen LogP contribution in [0, 0.1) is 6.07 Å². The second-order valence-corrected chi connectivity index (χ2v) is 9.80. The van der Waals surface area contributed by atoms with Crippen LogP contribution in [0.3, 0.4) is 0 Å². The van der Waals surface area contributed by atoms with Crippen LogP contribution in [0.4, 0.5) is 0 Å². The maximum Gasteiger partial charge on any atom is 2.00 e. The zero-order valence-corrected chi connectivity index (χ0v) is 29.7. The third kappa shape index (κ3) is 13.1. The van der Waals surface area contributed by atoms with Crippen LogP contribution in [0.25, 0.3) is 33.4 Å². The second kappa shape index (κ2) is 21.5. The molecule has 6 aromatic carbocycles. The van der Waals surface area contributed by atoms with Gasteiger partial charge >= 0.3 is 53.2 Å². The molecule has 6 rings (SSSR count). The van der Waals surface area contributed by atoms with E-state index in [1.54, 1.807) is 12.1 Å². The Balaban J connectivity index is 0. The molecule has 0 heterocycles. The first-order valence-electron chi connectivity index (χ1n) is 12.9. The molecule has 0 spiro atoms. The number of rotatable bonds is 4. The molecule has 0 aliphatic heterocycles. The summed E-state index contributed by atoms with van der Waals surface area (Å²) in [5, 5.41) is 17.9. The molecular formula is C36H31BBr2Mg2O2. The maximum atomic E-state index is 8.94. The fourth-order valence-corrected chi connectivity index (χ4v) is 4.23. The van der Waals surface area contributed by atoms with Gasteiger partial charge in [0.1, 0.15) is 0 Å². The van der Waals surface area contributed by atoms with E-state index in [1.165, 1.54) is 22.3 Å². The fourth-order valence-electron chi connectivity index (χ4n) is 3.96. The Morgan fingerprint density at radius 1 is 0.442 bits per heavy atom. The van der Waals surface area contributed by atoms with Gasteiger partial charge in [-0.1, -0.05) is 143 Å². The van der Waals surface area contributed by atoms with Crippen molar-refractivity contribution in [3.05, 3.63) is 174 Å². The Morgan fingerprint density at radius 3 is 1.09 bits per heavy atom. The fraction of sp³-hybridized carbons (Fsp3) is 0. The summed E-state index contributed by atoms with van der Waals surface area (Å²) < 4.78 is 1.12. The zero-order chi connectivity index (χ0) is 28.0. The second-order valence-electron chi connectivity index (χ2n) is 8.89. The number of halogens is 2. The maximum absolute atomic E-state index is 8.94. The predicted molar refractivity (Wildman–Crippen MR) is 186 cm³/mol. The summed E-state index contributed by atoms with van der Waals surface area (Å²) in [7, 11) is -1.39. The molecule has 0 saturated heterocycles. The molecule has 0 radical (unpaired) electrons. The topological polar surface area (TPSA) is 40.5 Å². The molecule has 0 aliphatic rings. The molecule has 0 amide bonds. The van der Waals surface area contributed by atoms with Crippen LogP contribution in [0.5, 0.6) is 0 Å². The number of benzene rings is 6. The zero-order valence-electron chi connectivity index (χ0n) is 25.7. The molecular weight excluding hydrogens is 684 g/mol. The average Bonchev–Trinajstić information content (AvgIpc) is 3.04. The van der Waals surface area contributed by atoms with Gasteiger partial charge in [0, 0.05) is 4.47 Å². The summed E-state index contributed by atoms with van der Waals surface area (Å²) in [5.74, 6) is 0. The monoisotopic (exact) mass is 712 g/mol. The van der Waals surface area contributed by atoms with Crippen LogP contribution in [0.2, 0.25) is 0 Å². The first-order chi connectivity index (χ1) is 19.6. The predicted octanol–water partition coefficient (Wildman–Crippen LogP) is 4.77. The van der Waals surface area contributed by atoms with E-state index in [4.69, 9.17) is 10.0 Å². The molecule has 0 saturated carbocycles. The van der Waals surface area contributed by atoms with Crippen LogP contribution < -0.4 is 22.4 Å². The minimum atomic E-state index is -1.39. The summed E-state index contributed by atoms with van der Waals surface area (Å²) in [4.78, 5) is 0. The van der Waals surface area contributed by atoms with Gasteiger partial charge in [0.2, 0.25) is 0 Å². The minimum Gasteiger partial charge on any atom is -1.00 e. The van der Waals surface area contributed by atoms with Crippen LogP contribution in [0.1, 0.15) is 2.85 Å². The van der Waals surface area contributed by atoms with Gasteiger partial charge in [-0.3, -0.25) is 0 Å². The largest absolute Gasteiger partial charge is 2.00 e. The molecule has 2 N–H and O–H groups in total. The standard InChI is InChI=1S/C12H11BO2.C12H9Br.C12H9.BrH.2Mg.2H/c14-13(15)12-8-6-11(7-9-12)10-4-2-1-3-5-10;13-12-8-6-11(7-9-12)10-4-2-1-3-5-10;1-3-7-11(8-4-1)12-9-5-2-6-10-12;;;;;/h1-9,14-15H;1-9H;1,3-10H;1H;;;;/q;;-1;;2*+2;2*-1/p-1. The van der Waals surface area contributed by atoms with Gasteiger partial charge in [-0.15, -0.1) is 5.56 Å². The van der Waals surface area contributed by atoms with Gasteiger partial charge in [0.25, 0.3) is 0 Å². The summed E-state index contributed by atoms with van der Waals surface area (Å²) >= 11 is 3.42. The third-order valence-electron chi connectivity index (χ3n) is 6.09. The quantitative estimate of drug-likeness (QED) is 0.204. The first kappa shape index (κ1) is 38.8. The molecule has 7 heteroatoms. The Morgan fingerprint density at radius 2 is 0.744 bits per heavy atom. The van der Waals surface area contributed by atoms with Gasteiger partial charge < -0.3 is 29.9 Å². The summed E-state index contributed by atoms with van der Waals surface area (Å²) in [6.07, 6.45) is 0. The van der Waals surface area contributed by atoms with Crippen molar-refractivity contribution < 1.29 is 29.9 Å². The van der Waals surface area contributed by atoms with Gasteiger partial charge in [-0.2, -0.15) is 30.3 Å². The van der Waals surface area contributed by atoms with Crippen molar-refractivity contribution in [1.29, 1.82) is 0 Å². The molecule has 0 fully saturated rings. The molecule has 0 atom stereocenters. The van der Waals surface area contributed by atoms with Gasteiger partial charge in [0.05, 0.1) is 0 Å². The van der Waals surface area contributed by atoms with Crippen molar-refractivity contribution in [3.63, 3.8) is 0 Å². The molecule has 0 aromatic heterocycles. The Kier molecular flexibility index (Phi) is 19.4. The van der Waals surface area contributed by atoms with E-state index in [2.05, 4.69) is 94.8 Å². The van der Waals surface area contributed by atoms with E-state index in [0.29, 0.717) is 5.46 Å². The van der Waals surface area contributed by atoms with E-state index >= 15 is 0 Å². The number of hydrogen-bond acceptors (Lipinski definition) is 2. The number of hydrogen-bond donors (Lipinski definition) is 2. The molecule has 6 aromatic rings. The SMILES string of the molecule is Brc1ccc(-c2ccccc2)cc1.OB(O)c1ccc(-c2ccccc2)cc1.[Br-].[H-].[H-].[Mg+2].[Mg+2].[c-]1ccc(-c2ccccc2)cc1. The van der Waals surface area contributed by atoms with E-state index in [9.17, 15) is 0 Å². The van der Waals surface area contributed by atoms with Gasteiger partial charge in [-0.05, 0) is 45.4 Å². The summed E-state index contributed by atoms with van der Waals surface area (Å²) in [6.45, 7) is 0. The van der Waals surface area contributed by atoms with E-state index < -0.39 is 7.12 Å². The molecule has 0 unspecified atom stereocenters. The summed E-state index contributed by atoms with van der Waals surface area (Å²) in [5.41, 5.74) is 7.71. The molecule has 0 bridgehead atoms. The third-order valence-corrected chi connectivity index (χ3v) is 6.62. The smallest absolute Gasteiger partial charge is 1.00 e. The normalized spacial score (nSPS) is 9.19. The van der Waals surface area contributed by atoms with Gasteiger partial charge in [0.15, 0.2) is 0 Å². The van der Waals surface area contributed by atoms with Crippen molar-refractivity contribution in [2.75, 3.05) is 0 Å². The van der Waals surface area contributed by atoms with Gasteiger partial charge in [-0.25, -0.2) is 0 Å². The first-order valence-corrected chi connectivity index (χ1v) is 13.7. The van der Waals surface area contributed by atoms with E-state index in [-0.39, 0.29) is 65.9 Å². The van der Waals surface area contributed by atoms with Crippen molar-refractivity contribution in [1.82, 2.24) is 0 Å². The minimum absolute atomic E-state index is 0. The van der Waals surface area contributed by atoms with Crippen molar-refractivity contribution in [3.8, 4) is 33.4 Å². The molecule has 0 aliphatic carbocycles. The summed E-state index contributed by atoms with van der Waals surface area (Å²) in [6, 6.07) is 57.2. The van der Waals surface area contributed by atoms with Crippen LogP contribution >= 0.6 is 15.9 Å². The van der Waals surface area contributed by atoms with Crippen LogP contribution in [-0.4, -0.2) is 63.3 Å². The Labute approximate surface area is 309 Å². The Bertz CT molecular complexity index is 1520. The van der Waals surface area contributed by atoms with Crippen LogP contribution in [-0.2, 0) is 0 Å².